The third-order valence-electron chi connectivity index (χ3n) is 3.80. The standard InChI is InChI=1S/C17H19BrN2O3/c1-10-8-20(9-11(2)22-10)17(21)16-6-5-15(23-16)13-4-3-12(18)7-14(13)19/h3-7,10-11H,8-9,19H2,1-2H3/t10-,11-/m0/s1. The van der Waals surface area contributed by atoms with E-state index in [2.05, 4.69) is 15.9 Å². The van der Waals surface area contributed by atoms with Crippen LogP contribution in [0.2, 0.25) is 0 Å². The smallest absolute Gasteiger partial charge is 0.289 e. The molecule has 122 valence electrons. The Bertz CT molecular complexity index is 718. The van der Waals surface area contributed by atoms with Gasteiger partial charge >= 0.3 is 0 Å². The Kier molecular flexibility index (Phi) is 4.46. The van der Waals surface area contributed by atoms with E-state index < -0.39 is 0 Å². The maximum absolute atomic E-state index is 12.6. The lowest BCUT2D eigenvalue weighted by Gasteiger charge is -2.34. The monoisotopic (exact) mass is 378 g/mol. The number of nitrogens with two attached hydrogens (primary N) is 1. The van der Waals surface area contributed by atoms with Crippen LogP contribution in [0.5, 0.6) is 0 Å². The van der Waals surface area contributed by atoms with Gasteiger partial charge in [-0.3, -0.25) is 4.79 Å². The molecule has 3 rings (SSSR count). The highest BCUT2D eigenvalue weighted by molar-refractivity contribution is 9.10. The fraction of sp³-hybridized carbons (Fsp3) is 0.353. The first-order chi connectivity index (χ1) is 10.9. The van der Waals surface area contributed by atoms with Gasteiger partial charge in [-0.15, -0.1) is 0 Å². The Hall–Kier alpha value is -1.79. The highest BCUT2D eigenvalue weighted by atomic mass is 79.9. The van der Waals surface area contributed by atoms with Gasteiger partial charge in [0.15, 0.2) is 5.76 Å². The molecule has 1 aromatic carbocycles. The van der Waals surface area contributed by atoms with E-state index in [0.717, 1.165) is 10.0 Å². The topological polar surface area (TPSA) is 68.7 Å². The van der Waals surface area contributed by atoms with Crippen LogP contribution in [0.25, 0.3) is 11.3 Å². The van der Waals surface area contributed by atoms with Crippen molar-refractivity contribution in [3.63, 3.8) is 0 Å². The first-order valence-corrected chi connectivity index (χ1v) is 8.33. The summed E-state index contributed by atoms with van der Waals surface area (Å²) in [5.41, 5.74) is 7.39. The van der Waals surface area contributed by atoms with Gasteiger partial charge in [-0.05, 0) is 44.2 Å². The minimum Gasteiger partial charge on any atom is -0.451 e. The Morgan fingerprint density at radius 1 is 1.22 bits per heavy atom. The highest BCUT2D eigenvalue weighted by Gasteiger charge is 2.28. The third-order valence-corrected chi connectivity index (χ3v) is 4.30. The van der Waals surface area contributed by atoms with Crippen molar-refractivity contribution >= 4 is 27.5 Å². The lowest BCUT2D eigenvalue weighted by Crippen LogP contribution is -2.48. The second-order valence-corrected chi connectivity index (χ2v) is 6.78. The Balaban J connectivity index is 1.82. The van der Waals surface area contributed by atoms with Crippen LogP contribution in [0.3, 0.4) is 0 Å². The number of nitrogen functional groups attached to an aromatic ring is 1. The second-order valence-electron chi connectivity index (χ2n) is 5.86. The molecular weight excluding hydrogens is 360 g/mol. The van der Waals surface area contributed by atoms with Gasteiger partial charge in [0.1, 0.15) is 5.76 Å². The number of nitrogens with zero attached hydrogens (tertiary/aromatic N) is 1. The predicted molar refractivity (Wildman–Crippen MR) is 92.2 cm³/mol. The molecule has 1 aliphatic heterocycles. The number of furan rings is 1. The fourth-order valence-corrected chi connectivity index (χ4v) is 3.23. The van der Waals surface area contributed by atoms with Crippen LogP contribution in [-0.2, 0) is 4.74 Å². The molecule has 2 atom stereocenters. The Labute approximate surface area is 143 Å². The van der Waals surface area contributed by atoms with Gasteiger partial charge in [-0.2, -0.15) is 0 Å². The molecule has 2 N–H and O–H groups in total. The van der Waals surface area contributed by atoms with Crippen LogP contribution in [0.4, 0.5) is 5.69 Å². The Morgan fingerprint density at radius 3 is 2.57 bits per heavy atom. The minimum absolute atomic E-state index is 0.0271. The number of carbonyl (C=O) groups is 1. The molecule has 1 amide bonds. The number of anilines is 1. The van der Waals surface area contributed by atoms with E-state index in [4.69, 9.17) is 14.9 Å². The molecule has 0 aliphatic carbocycles. The van der Waals surface area contributed by atoms with E-state index in [1.165, 1.54) is 0 Å². The lowest BCUT2D eigenvalue weighted by molar-refractivity contribution is -0.0592. The molecule has 5 nitrogen and oxygen atoms in total. The summed E-state index contributed by atoms with van der Waals surface area (Å²) in [4.78, 5) is 14.4. The molecule has 1 aromatic heterocycles. The van der Waals surface area contributed by atoms with E-state index in [0.29, 0.717) is 30.3 Å². The van der Waals surface area contributed by atoms with Crippen LogP contribution in [0.1, 0.15) is 24.4 Å². The number of rotatable bonds is 2. The molecule has 0 spiro atoms. The summed E-state index contributed by atoms with van der Waals surface area (Å²) in [6, 6.07) is 9.04. The van der Waals surface area contributed by atoms with Crippen molar-refractivity contribution in [2.75, 3.05) is 18.8 Å². The Morgan fingerprint density at radius 2 is 1.91 bits per heavy atom. The molecule has 23 heavy (non-hydrogen) atoms. The zero-order valence-corrected chi connectivity index (χ0v) is 14.7. The third kappa shape index (κ3) is 3.43. The number of halogens is 1. The maximum atomic E-state index is 12.6. The van der Waals surface area contributed by atoms with Gasteiger partial charge in [-0.25, -0.2) is 0 Å². The van der Waals surface area contributed by atoms with Crippen molar-refractivity contribution in [3.05, 3.63) is 40.6 Å². The summed E-state index contributed by atoms with van der Waals surface area (Å²) in [7, 11) is 0. The number of hydrogen-bond acceptors (Lipinski definition) is 4. The van der Waals surface area contributed by atoms with Crippen LogP contribution < -0.4 is 5.73 Å². The van der Waals surface area contributed by atoms with Crippen molar-refractivity contribution in [2.45, 2.75) is 26.1 Å². The predicted octanol–water partition coefficient (Wildman–Crippen LogP) is 3.54. The van der Waals surface area contributed by atoms with Gasteiger partial charge in [0, 0.05) is 28.8 Å². The molecule has 0 saturated carbocycles. The van der Waals surface area contributed by atoms with Gasteiger partial charge in [0.2, 0.25) is 0 Å². The zero-order chi connectivity index (χ0) is 16.6. The summed E-state index contributed by atoms with van der Waals surface area (Å²) in [5, 5.41) is 0. The first-order valence-electron chi connectivity index (χ1n) is 7.54. The van der Waals surface area contributed by atoms with E-state index >= 15 is 0 Å². The van der Waals surface area contributed by atoms with Gasteiger partial charge in [-0.1, -0.05) is 15.9 Å². The average molecular weight is 379 g/mol. The van der Waals surface area contributed by atoms with Gasteiger partial charge in [0.25, 0.3) is 5.91 Å². The molecule has 1 fully saturated rings. The highest BCUT2D eigenvalue weighted by Crippen LogP contribution is 2.30. The quantitative estimate of drug-likeness (QED) is 0.811. The number of morpholine rings is 1. The summed E-state index contributed by atoms with van der Waals surface area (Å²) >= 11 is 3.38. The van der Waals surface area contributed by atoms with E-state index in [-0.39, 0.29) is 18.1 Å². The van der Waals surface area contributed by atoms with Crippen molar-refractivity contribution in [1.29, 1.82) is 0 Å². The summed E-state index contributed by atoms with van der Waals surface area (Å²) < 4.78 is 12.3. The molecule has 1 saturated heterocycles. The van der Waals surface area contributed by atoms with Crippen LogP contribution in [-0.4, -0.2) is 36.1 Å². The summed E-state index contributed by atoms with van der Waals surface area (Å²) in [6.45, 7) is 5.07. The SMILES string of the molecule is C[C@H]1CN(C(=O)c2ccc(-c3ccc(Br)cc3N)o2)C[C@H](C)O1. The molecule has 0 unspecified atom stereocenters. The van der Waals surface area contributed by atoms with Crippen molar-refractivity contribution in [1.82, 2.24) is 4.90 Å². The number of benzene rings is 1. The van der Waals surface area contributed by atoms with Crippen molar-refractivity contribution in [2.24, 2.45) is 0 Å². The molecular formula is C17H19BrN2O3. The maximum Gasteiger partial charge on any atom is 0.289 e. The van der Waals surface area contributed by atoms with Gasteiger partial charge in [0.05, 0.1) is 12.2 Å². The summed E-state index contributed by atoms with van der Waals surface area (Å²) in [6.07, 6.45) is 0.0542. The largest absolute Gasteiger partial charge is 0.451 e. The van der Waals surface area contributed by atoms with E-state index in [1.807, 2.05) is 32.0 Å². The van der Waals surface area contributed by atoms with Crippen LogP contribution in [0, 0.1) is 0 Å². The molecule has 2 aromatic rings. The number of ether oxygens (including phenoxy) is 1. The van der Waals surface area contributed by atoms with Gasteiger partial charge < -0.3 is 19.8 Å². The van der Waals surface area contributed by atoms with E-state index in [1.54, 1.807) is 17.0 Å². The van der Waals surface area contributed by atoms with E-state index in [9.17, 15) is 4.79 Å². The zero-order valence-electron chi connectivity index (χ0n) is 13.1. The normalized spacial score (nSPS) is 21.4. The molecule has 1 aliphatic rings. The van der Waals surface area contributed by atoms with Crippen molar-refractivity contribution in [3.8, 4) is 11.3 Å². The van der Waals surface area contributed by atoms with Crippen molar-refractivity contribution < 1.29 is 13.9 Å². The average Bonchev–Trinajstić information content (AvgIpc) is 2.95. The molecule has 2 heterocycles. The molecule has 0 radical (unpaired) electrons. The van der Waals surface area contributed by atoms with Crippen LogP contribution >= 0.6 is 15.9 Å². The van der Waals surface area contributed by atoms with Crippen LogP contribution in [0.15, 0.2) is 39.2 Å². The number of amides is 1. The number of hydrogen-bond donors (Lipinski definition) is 1. The minimum atomic E-state index is -0.117. The fourth-order valence-electron chi connectivity index (χ4n) is 2.86. The number of carbonyl (C=O) groups excluding carboxylic acids is 1. The molecule has 6 heteroatoms. The molecule has 0 bridgehead atoms. The lowest BCUT2D eigenvalue weighted by atomic mass is 10.1. The summed E-state index contributed by atoms with van der Waals surface area (Å²) in [5.74, 6) is 0.797. The first kappa shape index (κ1) is 16.1. The second kappa shape index (κ2) is 6.37.